The predicted molar refractivity (Wildman–Crippen MR) is 92.6 cm³/mol. The van der Waals surface area contributed by atoms with Gasteiger partial charge in [0.05, 0.1) is 6.61 Å². The van der Waals surface area contributed by atoms with Crippen LogP contribution in [0.4, 0.5) is 5.69 Å². The SMILES string of the molecule is CC(CN)C(=O)Nc1ccc(OCC2CCCCC2)cc1.Cl. The molecular formula is C17H27ClN2O2. The number of carbonyl (C=O) groups excluding carboxylic acids is 1. The predicted octanol–water partition coefficient (Wildman–Crippen LogP) is 3.60. The Kier molecular flexibility index (Phi) is 8.28. The maximum absolute atomic E-state index is 11.7. The molecule has 5 heteroatoms. The number of halogens is 1. The van der Waals surface area contributed by atoms with E-state index < -0.39 is 0 Å². The van der Waals surface area contributed by atoms with E-state index in [0.29, 0.717) is 12.5 Å². The van der Waals surface area contributed by atoms with Crippen molar-refractivity contribution in [1.29, 1.82) is 0 Å². The Morgan fingerprint density at radius 1 is 1.27 bits per heavy atom. The summed E-state index contributed by atoms with van der Waals surface area (Å²) in [4.78, 5) is 11.7. The van der Waals surface area contributed by atoms with Crippen molar-refractivity contribution in [3.8, 4) is 5.75 Å². The Labute approximate surface area is 139 Å². The average molecular weight is 327 g/mol. The summed E-state index contributed by atoms with van der Waals surface area (Å²) in [5.41, 5.74) is 6.26. The fourth-order valence-electron chi connectivity index (χ4n) is 2.57. The fourth-order valence-corrected chi connectivity index (χ4v) is 2.57. The zero-order chi connectivity index (χ0) is 15.1. The second-order valence-corrected chi connectivity index (χ2v) is 5.97. The first-order valence-electron chi connectivity index (χ1n) is 7.93. The van der Waals surface area contributed by atoms with Gasteiger partial charge in [-0.2, -0.15) is 0 Å². The number of hydrogen-bond donors (Lipinski definition) is 2. The highest BCUT2D eigenvalue weighted by molar-refractivity contribution is 5.92. The first-order chi connectivity index (χ1) is 10.2. The van der Waals surface area contributed by atoms with E-state index >= 15 is 0 Å². The van der Waals surface area contributed by atoms with Gasteiger partial charge in [-0.15, -0.1) is 12.4 Å². The van der Waals surface area contributed by atoms with Gasteiger partial charge in [-0.05, 0) is 43.0 Å². The van der Waals surface area contributed by atoms with Crippen molar-refractivity contribution in [3.05, 3.63) is 24.3 Å². The first-order valence-corrected chi connectivity index (χ1v) is 7.93. The normalized spacial score (nSPS) is 16.5. The van der Waals surface area contributed by atoms with Gasteiger partial charge in [-0.1, -0.05) is 26.2 Å². The van der Waals surface area contributed by atoms with Gasteiger partial charge in [0.25, 0.3) is 0 Å². The zero-order valence-electron chi connectivity index (χ0n) is 13.2. The smallest absolute Gasteiger partial charge is 0.228 e. The average Bonchev–Trinajstić information content (AvgIpc) is 2.54. The molecule has 1 saturated carbocycles. The fraction of sp³-hybridized carbons (Fsp3) is 0.588. The molecule has 4 nitrogen and oxygen atoms in total. The number of carbonyl (C=O) groups is 1. The summed E-state index contributed by atoms with van der Waals surface area (Å²) in [6, 6.07) is 7.56. The van der Waals surface area contributed by atoms with Crippen LogP contribution in [0.2, 0.25) is 0 Å². The topological polar surface area (TPSA) is 64.4 Å². The van der Waals surface area contributed by atoms with Crippen molar-refractivity contribution in [2.24, 2.45) is 17.6 Å². The van der Waals surface area contributed by atoms with E-state index in [1.165, 1.54) is 32.1 Å². The lowest BCUT2D eigenvalue weighted by atomic mass is 9.90. The Morgan fingerprint density at radius 2 is 1.91 bits per heavy atom. The van der Waals surface area contributed by atoms with Crippen molar-refractivity contribution in [2.75, 3.05) is 18.5 Å². The van der Waals surface area contributed by atoms with Gasteiger partial charge in [0, 0.05) is 18.2 Å². The minimum atomic E-state index is -0.174. The third-order valence-corrected chi connectivity index (χ3v) is 4.13. The van der Waals surface area contributed by atoms with Crippen LogP contribution in [0.5, 0.6) is 5.75 Å². The number of rotatable bonds is 6. The molecule has 0 bridgehead atoms. The zero-order valence-corrected chi connectivity index (χ0v) is 14.0. The Hall–Kier alpha value is -1.26. The van der Waals surface area contributed by atoms with Gasteiger partial charge >= 0.3 is 0 Å². The lowest BCUT2D eigenvalue weighted by molar-refractivity contribution is -0.119. The van der Waals surface area contributed by atoms with Crippen molar-refractivity contribution >= 4 is 24.0 Å². The summed E-state index contributed by atoms with van der Waals surface area (Å²) in [5.74, 6) is 1.34. The lowest BCUT2D eigenvalue weighted by Crippen LogP contribution is -2.26. The second kappa shape index (κ2) is 9.70. The van der Waals surface area contributed by atoms with Crippen LogP contribution in [0, 0.1) is 11.8 Å². The minimum absolute atomic E-state index is 0. The second-order valence-electron chi connectivity index (χ2n) is 5.97. The van der Waals surface area contributed by atoms with Crippen LogP contribution in [-0.2, 0) is 4.79 Å². The maximum atomic E-state index is 11.7. The molecule has 0 aromatic heterocycles. The number of ether oxygens (including phenoxy) is 1. The highest BCUT2D eigenvalue weighted by Gasteiger charge is 2.14. The molecule has 1 unspecified atom stereocenters. The van der Waals surface area contributed by atoms with Crippen molar-refractivity contribution < 1.29 is 9.53 Å². The van der Waals surface area contributed by atoms with Gasteiger partial charge < -0.3 is 15.8 Å². The number of benzene rings is 1. The number of hydrogen-bond acceptors (Lipinski definition) is 3. The van der Waals surface area contributed by atoms with Crippen LogP contribution in [0.3, 0.4) is 0 Å². The van der Waals surface area contributed by atoms with Crippen LogP contribution >= 0.6 is 12.4 Å². The molecule has 0 radical (unpaired) electrons. The van der Waals surface area contributed by atoms with Crippen LogP contribution in [-0.4, -0.2) is 19.1 Å². The van der Waals surface area contributed by atoms with Crippen LogP contribution in [0.25, 0.3) is 0 Å². The van der Waals surface area contributed by atoms with E-state index in [2.05, 4.69) is 5.32 Å². The van der Waals surface area contributed by atoms with E-state index in [4.69, 9.17) is 10.5 Å². The number of nitrogens with one attached hydrogen (secondary N) is 1. The maximum Gasteiger partial charge on any atom is 0.228 e. The highest BCUT2D eigenvalue weighted by atomic mass is 35.5. The van der Waals surface area contributed by atoms with E-state index in [0.717, 1.165) is 18.0 Å². The summed E-state index contributed by atoms with van der Waals surface area (Å²) < 4.78 is 5.84. The Bertz CT molecular complexity index is 444. The number of amides is 1. The Balaban J connectivity index is 0.00000242. The highest BCUT2D eigenvalue weighted by Crippen LogP contribution is 2.25. The van der Waals surface area contributed by atoms with Gasteiger partial charge in [-0.3, -0.25) is 4.79 Å². The molecule has 1 aliphatic carbocycles. The van der Waals surface area contributed by atoms with Crippen LogP contribution in [0.15, 0.2) is 24.3 Å². The molecule has 0 spiro atoms. The molecule has 3 N–H and O–H groups in total. The quantitative estimate of drug-likeness (QED) is 0.839. The molecular weight excluding hydrogens is 300 g/mol. The molecule has 1 amide bonds. The molecule has 1 aliphatic rings. The Morgan fingerprint density at radius 3 is 2.50 bits per heavy atom. The number of nitrogens with two attached hydrogens (primary N) is 1. The third kappa shape index (κ3) is 5.85. The summed E-state index contributed by atoms with van der Waals surface area (Å²) >= 11 is 0. The molecule has 0 saturated heterocycles. The summed E-state index contributed by atoms with van der Waals surface area (Å²) in [6.45, 7) is 2.97. The standard InChI is InChI=1S/C17H26N2O2.ClH/c1-13(11-18)17(20)19-15-7-9-16(10-8-15)21-12-14-5-3-2-4-6-14;/h7-10,13-14H,2-6,11-12,18H2,1H3,(H,19,20);1H. The van der Waals surface area contributed by atoms with Crippen LogP contribution in [0.1, 0.15) is 39.0 Å². The molecule has 1 atom stereocenters. The van der Waals surface area contributed by atoms with E-state index in [1.54, 1.807) is 0 Å². The molecule has 1 fully saturated rings. The number of anilines is 1. The molecule has 22 heavy (non-hydrogen) atoms. The van der Waals surface area contributed by atoms with E-state index in [9.17, 15) is 4.79 Å². The van der Waals surface area contributed by atoms with Gasteiger partial charge in [0.1, 0.15) is 5.75 Å². The molecule has 1 aromatic carbocycles. The summed E-state index contributed by atoms with van der Waals surface area (Å²) in [5, 5.41) is 2.85. The van der Waals surface area contributed by atoms with Gasteiger partial charge in [-0.25, -0.2) is 0 Å². The van der Waals surface area contributed by atoms with E-state index in [1.807, 2.05) is 31.2 Å². The monoisotopic (exact) mass is 326 g/mol. The molecule has 0 aliphatic heterocycles. The van der Waals surface area contributed by atoms with Crippen molar-refractivity contribution in [3.63, 3.8) is 0 Å². The summed E-state index contributed by atoms with van der Waals surface area (Å²) in [6.07, 6.45) is 6.60. The summed E-state index contributed by atoms with van der Waals surface area (Å²) in [7, 11) is 0. The molecule has 1 aromatic rings. The third-order valence-electron chi connectivity index (χ3n) is 4.13. The van der Waals surface area contributed by atoms with Crippen LogP contribution < -0.4 is 15.8 Å². The molecule has 2 rings (SSSR count). The molecule has 124 valence electrons. The van der Waals surface area contributed by atoms with Gasteiger partial charge in [0.2, 0.25) is 5.91 Å². The first kappa shape index (κ1) is 18.8. The van der Waals surface area contributed by atoms with Crippen molar-refractivity contribution in [2.45, 2.75) is 39.0 Å². The van der Waals surface area contributed by atoms with E-state index in [-0.39, 0.29) is 24.2 Å². The van der Waals surface area contributed by atoms with Gasteiger partial charge in [0.15, 0.2) is 0 Å². The molecule has 0 heterocycles. The largest absolute Gasteiger partial charge is 0.493 e. The minimum Gasteiger partial charge on any atom is -0.493 e. The van der Waals surface area contributed by atoms with Crippen molar-refractivity contribution in [1.82, 2.24) is 0 Å². The lowest BCUT2D eigenvalue weighted by Gasteiger charge is -2.21.